The number of non-ortho nitro benzene ring substituents is 1. The van der Waals surface area contributed by atoms with Crippen molar-refractivity contribution in [2.45, 2.75) is 6.42 Å². The minimum absolute atomic E-state index is 0.384. The molecule has 0 amide bonds. The number of hydrogen-bond acceptors (Lipinski definition) is 7. The monoisotopic (exact) mass is 394 g/mol. The number of nitrogens with zero attached hydrogens (tertiary/aromatic N) is 3. The fourth-order valence-corrected chi connectivity index (χ4v) is 3.04. The number of nitro groups is 3. The predicted molar refractivity (Wildman–Crippen MR) is 101 cm³/mol. The summed E-state index contributed by atoms with van der Waals surface area (Å²) in [5.41, 5.74) is 2.49. The molecule has 0 fully saturated rings. The number of benzene rings is 3. The maximum absolute atomic E-state index is 11.1. The largest absolute Gasteiger partial charge is 0.863 e. The molecule has 0 bridgehead atoms. The fraction of sp³-hybridized carbons (Fsp3) is 0.0526. The SMILES string of the molecule is O=[N+]([O-])c1cc([N+](=O)[O-])c([O-])c([N+](=O)[O-])c1.c1ccc2c(c1)Cc1ccccc1-2. The van der Waals surface area contributed by atoms with Crippen molar-refractivity contribution >= 4 is 17.1 Å². The van der Waals surface area contributed by atoms with Crippen LogP contribution in [0.1, 0.15) is 11.1 Å². The van der Waals surface area contributed by atoms with Crippen LogP contribution in [0.5, 0.6) is 5.75 Å². The van der Waals surface area contributed by atoms with E-state index in [1.807, 2.05) is 0 Å². The normalized spacial score (nSPS) is 10.9. The molecule has 0 N–H and O–H groups in total. The third-order valence-electron chi connectivity index (χ3n) is 4.34. The Morgan fingerprint density at radius 3 is 1.45 bits per heavy atom. The summed E-state index contributed by atoms with van der Waals surface area (Å²) in [5.74, 6) is -1.46. The summed E-state index contributed by atoms with van der Waals surface area (Å²) in [7, 11) is 0. The van der Waals surface area contributed by atoms with Crippen LogP contribution in [-0.4, -0.2) is 14.8 Å². The molecule has 1 aliphatic carbocycles. The van der Waals surface area contributed by atoms with Gasteiger partial charge in [-0.3, -0.25) is 30.3 Å². The Hall–Kier alpha value is -4.34. The molecule has 4 rings (SSSR count). The standard InChI is InChI=1S/C13H10.C6H3N3O7/c1-3-7-12-10(5-1)9-11-6-2-4-8-13(11)12;10-6-4(8(13)14)1-3(7(11)12)2-5(6)9(15)16/h1-8H,9H2;1-2,10H/p-1. The van der Waals surface area contributed by atoms with Gasteiger partial charge in [-0.2, -0.15) is 0 Å². The average Bonchev–Trinajstić information content (AvgIpc) is 3.06. The third kappa shape index (κ3) is 3.86. The maximum Gasteiger partial charge on any atom is 0.283 e. The molecule has 146 valence electrons. The maximum atomic E-state index is 11.1. The summed E-state index contributed by atoms with van der Waals surface area (Å²) in [6, 6.07) is 18.1. The highest BCUT2D eigenvalue weighted by Crippen LogP contribution is 2.37. The minimum atomic E-state index is -1.46. The van der Waals surface area contributed by atoms with Gasteiger partial charge in [0.2, 0.25) is 0 Å². The molecule has 0 aromatic heterocycles. The van der Waals surface area contributed by atoms with Crippen LogP contribution >= 0.6 is 0 Å². The highest BCUT2D eigenvalue weighted by molar-refractivity contribution is 5.76. The summed E-state index contributed by atoms with van der Waals surface area (Å²) in [4.78, 5) is 27.5. The van der Waals surface area contributed by atoms with Crippen molar-refractivity contribution in [3.63, 3.8) is 0 Å². The lowest BCUT2D eigenvalue weighted by Gasteiger charge is -2.06. The van der Waals surface area contributed by atoms with Crippen LogP contribution in [0.3, 0.4) is 0 Å². The van der Waals surface area contributed by atoms with E-state index in [2.05, 4.69) is 48.5 Å². The first-order chi connectivity index (χ1) is 13.8. The molecule has 0 spiro atoms. The molecule has 0 unspecified atom stereocenters. The first-order valence-corrected chi connectivity index (χ1v) is 8.24. The molecule has 3 aromatic carbocycles. The van der Waals surface area contributed by atoms with Gasteiger partial charge in [0, 0.05) is 0 Å². The number of nitro benzene ring substituents is 3. The lowest BCUT2D eigenvalue weighted by molar-refractivity contribution is -0.420. The second-order valence-electron chi connectivity index (χ2n) is 6.08. The summed E-state index contributed by atoms with van der Waals surface area (Å²) in [5, 5.41) is 42.1. The van der Waals surface area contributed by atoms with Crippen LogP contribution in [0.4, 0.5) is 17.1 Å². The molecular weight excluding hydrogens is 382 g/mol. The highest BCUT2D eigenvalue weighted by Gasteiger charge is 2.24. The highest BCUT2D eigenvalue weighted by atomic mass is 16.6. The summed E-state index contributed by atoms with van der Waals surface area (Å²) >= 11 is 0. The Bertz CT molecular complexity index is 1070. The summed E-state index contributed by atoms with van der Waals surface area (Å²) < 4.78 is 0. The van der Waals surface area contributed by atoms with Crippen molar-refractivity contribution in [1.29, 1.82) is 0 Å². The summed E-state index contributed by atoms with van der Waals surface area (Å²) in [6.45, 7) is 0. The van der Waals surface area contributed by atoms with Crippen molar-refractivity contribution in [3.8, 4) is 16.9 Å². The molecule has 29 heavy (non-hydrogen) atoms. The van der Waals surface area contributed by atoms with Crippen LogP contribution in [0.25, 0.3) is 11.1 Å². The van der Waals surface area contributed by atoms with Gasteiger partial charge < -0.3 is 5.11 Å². The molecule has 3 aromatic rings. The second kappa shape index (κ2) is 7.72. The van der Waals surface area contributed by atoms with Gasteiger partial charge in [0.1, 0.15) is 0 Å². The summed E-state index contributed by atoms with van der Waals surface area (Å²) in [6.07, 6.45) is 1.10. The van der Waals surface area contributed by atoms with E-state index in [1.54, 1.807) is 0 Å². The van der Waals surface area contributed by atoms with Gasteiger partial charge in [0.15, 0.2) is 0 Å². The zero-order chi connectivity index (χ0) is 21.1. The molecular formula is C19H12N3O7-. The number of fused-ring (bicyclic) bond motifs is 3. The smallest absolute Gasteiger partial charge is 0.283 e. The van der Waals surface area contributed by atoms with Gasteiger partial charge in [-0.15, -0.1) is 0 Å². The lowest BCUT2D eigenvalue weighted by Crippen LogP contribution is -2.04. The fourth-order valence-electron chi connectivity index (χ4n) is 3.04. The van der Waals surface area contributed by atoms with E-state index in [0.29, 0.717) is 12.1 Å². The number of hydrogen-bond donors (Lipinski definition) is 0. The van der Waals surface area contributed by atoms with E-state index >= 15 is 0 Å². The van der Waals surface area contributed by atoms with E-state index in [9.17, 15) is 35.4 Å². The Morgan fingerprint density at radius 2 is 1.07 bits per heavy atom. The van der Waals surface area contributed by atoms with Crippen LogP contribution < -0.4 is 5.11 Å². The molecule has 0 atom stereocenters. The number of rotatable bonds is 3. The van der Waals surface area contributed by atoms with Gasteiger partial charge in [0.25, 0.3) is 17.1 Å². The van der Waals surface area contributed by atoms with E-state index in [4.69, 9.17) is 0 Å². The quantitative estimate of drug-likeness (QED) is 0.379. The Morgan fingerprint density at radius 1 is 0.655 bits per heavy atom. The van der Waals surface area contributed by atoms with Crippen molar-refractivity contribution in [3.05, 3.63) is 102 Å². The van der Waals surface area contributed by atoms with E-state index in [-0.39, 0.29) is 0 Å². The van der Waals surface area contributed by atoms with E-state index < -0.39 is 37.6 Å². The van der Waals surface area contributed by atoms with Crippen molar-refractivity contribution in [2.24, 2.45) is 0 Å². The Labute approximate surface area is 163 Å². The molecule has 0 saturated carbocycles. The average molecular weight is 394 g/mol. The molecule has 1 aliphatic rings. The van der Waals surface area contributed by atoms with Crippen LogP contribution in [0.15, 0.2) is 60.7 Å². The Kier molecular flexibility index (Phi) is 5.17. The predicted octanol–water partition coefficient (Wildman–Crippen LogP) is 3.74. The first kappa shape index (κ1) is 19.4. The lowest BCUT2D eigenvalue weighted by atomic mass is 10.1. The van der Waals surface area contributed by atoms with E-state index in [1.165, 1.54) is 22.3 Å². The van der Waals surface area contributed by atoms with Crippen LogP contribution in [0, 0.1) is 30.3 Å². The van der Waals surface area contributed by atoms with Crippen molar-refractivity contribution in [1.82, 2.24) is 0 Å². The van der Waals surface area contributed by atoms with Crippen molar-refractivity contribution in [2.75, 3.05) is 0 Å². The molecule has 10 heteroatoms. The van der Waals surface area contributed by atoms with Gasteiger partial charge in [-0.1, -0.05) is 48.5 Å². The first-order valence-electron chi connectivity index (χ1n) is 8.24. The van der Waals surface area contributed by atoms with Gasteiger partial charge in [-0.05, 0) is 28.7 Å². The van der Waals surface area contributed by atoms with Crippen LogP contribution in [0.2, 0.25) is 0 Å². The van der Waals surface area contributed by atoms with Gasteiger partial charge in [0.05, 0.1) is 32.7 Å². The molecule has 10 nitrogen and oxygen atoms in total. The van der Waals surface area contributed by atoms with E-state index in [0.717, 1.165) is 6.42 Å². The Balaban J connectivity index is 0.000000168. The third-order valence-corrected chi connectivity index (χ3v) is 4.34. The minimum Gasteiger partial charge on any atom is -0.863 e. The molecule has 0 saturated heterocycles. The van der Waals surface area contributed by atoms with Crippen molar-refractivity contribution < 1.29 is 19.9 Å². The topological polar surface area (TPSA) is 152 Å². The molecule has 0 heterocycles. The second-order valence-corrected chi connectivity index (χ2v) is 6.08. The van der Waals surface area contributed by atoms with Crippen LogP contribution in [-0.2, 0) is 6.42 Å². The molecule has 0 radical (unpaired) electrons. The van der Waals surface area contributed by atoms with Gasteiger partial charge in [-0.25, -0.2) is 0 Å². The molecule has 0 aliphatic heterocycles. The zero-order valence-electron chi connectivity index (χ0n) is 14.7. The van der Waals surface area contributed by atoms with Gasteiger partial charge >= 0.3 is 0 Å². The zero-order valence-corrected chi connectivity index (χ0v) is 14.7.